The second-order valence-electron chi connectivity index (χ2n) is 8.02. The van der Waals surface area contributed by atoms with Gasteiger partial charge in [0.1, 0.15) is 5.76 Å². The number of hydrogen-bond acceptors (Lipinski definition) is 6. The summed E-state index contributed by atoms with van der Waals surface area (Å²) < 4.78 is 6.87. The summed E-state index contributed by atoms with van der Waals surface area (Å²) in [7, 11) is 0. The summed E-state index contributed by atoms with van der Waals surface area (Å²) in [4.78, 5) is 34.6. The summed E-state index contributed by atoms with van der Waals surface area (Å²) in [5.74, 6) is 0.953. The number of aromatic nitrogens is 3. The third kappa shape index (κ3) is 4.81. The zero-order valence-corrected chi connectivity index (χ0v) is 19.1. The summed E-state index contributed by atoms with van der Waals surface area (Å²) in [6.45, 7) is 2.73. The maximum atomic E-state index is 12.9. The molecule has 2 aromatic carbocycles. The minimum Gasteiger partial charge on any atom is -0.467 e. The number of nitrogens with one attached hydrogen (secondary N) is 2. The predicted molar refractivity (Wildman–Crippen MR) is 134 cm³/mol. The summed E-state index contributed by atoms with van der Waals surface area (Å²) in [5.41, 5.74) is 3.12. The van der Waals surface area contributed by atoms with Crippen LogP contribution < -0.4 is 16.2 Å². The van der Waals surface area contributed by atoms with Crippen LogP contribution in [-0.2, 0) is 13.1 Å². The van der Waals surface area contributed by atoms with E-state index in [2.05, 4.69) is 20.6 Å². The van der Waals surface area contributed by atoms with E-state index in [1.165, 1.54) is 10.6 Å². The molecule has 174 valence electrons. The number of amides is 1. The van der Waals surface area contributed by atoms with Gasteiger partial charge < -0.3 is 15.1 Å². The van der Waals surface area contributed by atoms with Gasteiger partial charge in [-0.05, 0) is 55.0 Å². The molecule has 0 bridgehead atoms. The molecule has 1 amide bonds. The molecule has 0 aliphatic rings. The number of fused-ring (bicyclic) bond motifs is 1. The molecule has 0 atom stereocenters. The predicted octanol–water partition coefficient (Wildman–Crippen LogP) is 4.22. The number of benzene rings is 2. The van der Waals surface area contributed by atoms with Crippen LogP contribution in [0.1, 0.15) is 27.4 Å². The van der Waals surface area contributed by atoms with Gasteiger partial charge in [0.2, 0.25) is 5.95 Å². The van der Waals surface area contributed by atoms with Crippen molar-refractivity contribution in [3.05, 3.63) is 118 Å². The topological polar surface area (TPSA) is 102 Å². The second-order valence-corrected chi connectivity index (χ2v) is 8.02. The average Bonchev–Trinajstić information content (AvgIpc) is 3.40. The van der Waals surface area contributed by atoms with E-state index >= 15 is 0 Å². The van der Waals surface area contributed by atoms with Crippen LogP contribution in [0.4, 0.5) is 5.95 Å². The van der Waals surface area contributed by atoms with Crippen molar-refractivity contribution in [3.8, 4) is 5.69 Å². The van der Waals surface area contributed by atoms with E-state index < -0.39 is 0 Å². The molecule has 8 nitrogen and oxygen atoms in total. The monoisotopic (exact) mass is 465 g/mol. The van der Waals surface area contributed by atoms with Crippen LogP contribution in [0.25, 0.3) is 16.7 Å². The molecule has 5 aromatic rings. The molecule has 0 aliphatic heterocycles. The van der Waals surface area contributed by atoms with E-state index in [0.717, 1.165) is 22.4 Å². The standard InChI is InChI=1S/C27H23N5O3/c1-18-23-13-14-24(33)32(25(23)31-27(30-18)29-17-22-8-5-15-35-22)21-11-9-20(10-12-21)26(34)28-16-19-6-3-2-4-7-19/h2-15H,16-17H2,1H3,(H,28,34)(H,29,30,31). The molecule has 8 heteroatoms. The fourth-order valence-electron chi connectivity index (χ4n) is 3.82. The molecule has 0 aliphatic carbocycles. The van der Waals surface area contributed by atoms with Crippen molar-refractivity contribution in [2.45, 2.75) is 20.0 Å². The Balaban J connectivity index is 1.42. The Morgan fingerprint density at radius 1 is 0.914 bits per heavy atom. The van der Waals surface area contributed by atoms with Crippen LogP contribution in [0.3, 0.4) is 0 Å². The summed E-state index contributed by atoms with van der Waals surface area (Å²) in [5, 5.41) is 6.82. The second kappa shape index (κ2) is 9.64. The molecule has 3 aromatic heterocycles. The Kier molecular flexibility index (Phi) is 6.09. The molecule has 0 radical (unpaired) electrons. The van der Waals surface area contributed by atoms with Crippen molar-refractivity contribution in [2.75, 3.05) is 5.32 Å². The SMILES string of the molecule is Cc1nc(NCc2ccco2)nc2c1ccc(=O)n2-c1ccc(C(=O)NCc2ccccc2)cc1. The van der Waals surface area contributed by atoms with Crippen LogP contribution in [0.5, 0.6) is 0 Å². The summed E-state index contributed by atoms with van der Waals surface area (Å²) in [6, 6.07) is 23.5. The van der Waals surface area contributed by atoms with Crippen molar-refractivity contribution in [1.29, 1.82) is 0 Å². The lowest BCUT2D eigenvalue weighted by atomic mass is 10.1. The molecule has 0 fully saturated rings. The highest BCUT2D eigenvalue weighted by atomic mass is 16.3. The van der Waals surface area contributed by atoms with Gasteiger partial charge in [0, 0.05) is 23.6 Å². The number of carbonyl (C=O) groups is 1. The molecule has 5 rings (SSSR count). The molecular formula is C27H23N5O3. The lowest BCUT2D eigenvalue weighted by Gasteiger charge is -2.13. The number of rotatable bonds is 7. The molecular weight excluding hydrogens is 442 g/mol. The molecule has 35 heavy (non-hydrogen) atoms. The lowest BCUT2D eigenvalue weighted by Crippen LogP contribution is -2.23. The fourth-order valence-corrected chi connectivity index (χ4v) is 3.82. The van der Waals surface area contributed by atoms with Crippen molar-refractivity contribution in [2.24, 2.45) is 0 Å². The highest BCUT2D eigenvalue weighted by molar-refractivity contribution is 5.94. The fraction of sp³-hybridized carbons (Fsp3) is 0.111. The van der Waals surface area contributed by atoms with Gasteiger partial charge in [-0.1, -0.05) is 30.3 Å². The van der Waals surface area contributed by atoms with Crippen molar-refractivity contribution in [1.82, 2.24) is 19.9 Å². The van der Waals surface area contributed by atoms with E-state index in [0.29, 0.717) is 35.9 Å². The maximum absolute atomic E-state index is 12.9. The van der Waals surface area contributed by atoms with Crippen molar-refractivity contribution in [3.63, 3.8) is 0 Å². The van der Waals surface area contributed by atoms with Gasteiger partial charge in [0.05, 0.1) is 24.2 Å². The van der Waals surface area contributed by atoms with E-state index in [1.54, 1.807) is 36.6 Å². The maximum Gasteiger partial charge on any atom is 0.256 e. The molecule has 0 saturated heterocycles. The van der Waals surface area contributed by atoms with Gasteiger partial charge in [-0.2, -0.15) is 4.98 Å². The zero-order chi connectivity index (χ0) is 24.2. The third-order valence-corrected chi connectivity index (χ3v) is 5.63. The van der Waals surface area contributed by atoms with Gasteiger partial charge in [-0.25, -0.2) is 4.98 Å². The Morgan fingerprint density at radius 2 is 1.71 bits per heavy atom. The Hall–Kier alpha value is -4.72. The van der Waals surface area contributed by atoms with Crippen LogP contribution in [0, 0.1) is 6.92 Å². The van der Waals surface area contributed by atoms with Crippen LogP contribution in [-0.4, -0.2) is 20.4 Å². The lowest BCUT2D eigenvalue weighted by molar-refractivity contribution is 0.0951. The molecule has 0 unspecified atom stereocenters. The van der Waals surface area contributed by atoms with Crippen molar-refractivity contribution < 1.29 is 9.21 Å². The minimum absolute atomic E-state index is 0.187. The normalized spacial score (nSPS) is 10.9. The highest BCUT2D eigenvalue weighted by Gasteiger charge is 2.13. The third-order valence-electron chi connectivity index (χ3n) is 5.63. The minimum atomic E-state index is -0.228. The molecule has 3 heterocycles. The van der Waals surface area contributed by atoms with Crippen molar-refractivity contribution >= 4 is 22.9 Å². The Labute approximate surface area is 201 Å². The summed E-state index contributed by atoms with van der Waals surface area (Å²) in [6.07, 6.45) is 1.60. The smallest absolute Gasteiger partial charge is 0.256 e. The Morgan fingerprint density at radius 3 is 2.46 bits per heavy atom. The van der Waals surface area contributed by atoms with Crippen LogP contribution in [0.15, 0.2) is 94.3 Å². The quantitative estimate of drug-likeness (QED) is 0.373. The van der Waals surface area contributed by atoms with Crippen LogP contribution in [0.2, 0.25) is 0 Å². The van der Waals surface area contributed by atoms with Crippen LogP contribution >= 0.6 is 0 Å². The average molecular weight is 466 g/mol. The molecule has 0 spiro atoms. The largest absolute Gasteiger partial charge is 0.467 e. The molecule has 0 saturated carbocycles. The first-order chi connectivity index (χ1) is 17.1. The number of aryl methyl sites for hydroxylation is 1. The van der Waals surface area contributed by atoms with Gasteiger partial charge in [0.15, 0.2) is 5.65 Å². The Bertz CT molecular complexity index is 1530. The number of pyridine rings is 1. The van der Waals surface area contributed by atoms with E-state index in [4.69, 9.17) is 4.42 Å². The highest BCUT2D eigenvalue weighted by Crippen LogP contribution is 2.20. The first kappa shape index (κ1) is 22.1. The number of anilines is 1. The number of nitrogens with zero attached hydrogens (tertiary/aromatic N) is 3. The first-order valence-electron chi connectivity index (χ1n) is 11.2. The van der Waals surface area contributed by atoms with Gasteiger partial charge in [-0.3, -0.25) is 14.2 Å². The molecule has 2 N–H and O–H groups in total. The van der Waals surface area contributed by atoms with Gasteiger partial charge >= 0.3 is 0 Å². The zero-order valence-electron chi connectivity index (χ0n) is 19.1. The van der Waals surface area contributed by atoms with Gasteiger partial charge in [-0.15, -0.1) is 0 Å². The van der Waals surface area contributed by atoms with E-state index in [-0.39, 0.29) is 11.5 Å². The van der Waals surface area contributed by atoms with E-state index in [9.17, 15) is 9.59 Å². The van der Waals surface area contributed by atoms with E-state index in [1.807, 2.05) is 49.4 Å². The number of carbonyl (C=O) groups excluding carboxylic acids is 1. The first-order valence-corrected chi connectivity index (χ1v) is 11.2. The number of hydrogen-bond donors (Lipinski definition) is 2. The summed E-state index contributed by atoms with van der Waals surface area (Å²) >= 11 is 0. The number of furan rings is 1. The van der Waals surface area contributed by atoms with Gasteiger partial charge in [0.25, 0.3) is 11.5 Å².